The fraction of sp³-hybridized carbons (Fsp3) is 0.429. The molecular formula is C7H13N3O. The molecule has 0 rings (SSSR count). The second kappa shape index (κ2) is 3.75. The molecule has 0 radical (unpaired) electrons. The lowest BCUT2D eigenvalue weighted by Crippen LogP contribution is -2.28. The molecule has 0 unspecified atom stereocenters. The van der Waals surface area contributed by atoms with E-state index in [-0.39, 0.29) is 11.6 Å². The van der Waals surface area contributed by atoms with Gasteiger partial charge in [-0.15, -0.1) is 0 Å². The number of carbonyl (C=O) groups excluding carboxylic acids is 1. The van der Waals surface area contributed by atoms with Crippen LogP contribution in [0.5, 0.6) is 0 Å². The molecule has 0 spiro atoms. The van der Waals surface area contributed by atoms with Gasteiger partial charge >= 0.3 is 0 Å². The summed E-state index contributed by atoms with van der Waals surface area (Å²) in [6.45, 7) is 1.63. The molecular weight excluding hydrogens is 142 g/mol. The molecule has 4 heteroatoms. The maximum absolute atomic E-state index is 11.1. The molecule has 0 saturated heterocycles. The third-order valence-electron chi connectivity index (χ3n) is 1.28. The zero-order chi connectivity index (χ0) is 9.02. The van der Waals surface area contributed by atoms with Crippen molar-refractivity contribution in [2.45, 2.75) is 6.92 Å². The van der Waals surface area contributed by atoms with Crippen LogP contribution in [0.4, 0.5) is 0 Å². The van der Waals surface area contributed by atoms with Crippen molar-refractivity contribution in [3.63, 3.8) is 0 Å². The zero-order valence-electron chi connectivity index (χ0n) is 7.01. The van der Waals surface area contributed by atoms with Crippen molar-refractivity contribution >= 4 is 12.1 Å². The van der Waals surface area contributed by atoms with Gasteiger partial charge in [-0.1, -0.05) is 0 Å². The molecule has 0 aliphatic rings. The third-order valence-corrected chi connectivity index (χ3v) is 1.28. The smallest absolute Gasteiger partial charge is 0.269 e. The Balaban J connectivity index is 4.60. The number of hydrogen-bond acceptors (Lipinski definition) is 3. The number of nitrogens with two attached hydrogens (primary N) is 1. The van der Waals surface area contributed by atoms with Crippen LogP contribution in [-0.2, 0) is 4.79 Å². The van der Waals surface area contributed by atoms with Gasteiger partial charge in [0.2, 0.25) is 0 Å². The summed E-state index contributed by atoms with van der Waals surface area (Å²) in [6, 6.07) is 0. The van der Waals surface area contributed by atoms with Crippen LogP contribution in [0.25, 0.3) is 0 Å². The maximum atomic E-state index is 11.1. The van der Waals surface area contributed by atoms with Gasteiger partial charge in [0.25, 0.3) is 5.91 Å². The summed E-state index contributed by atoms with van der Waals surface area (Å²) in [4.78, 5) is 12.5. The maximum Gasteiger partial charge on any atom is 0.269 e. The molecule has 0 saturated carbocycles. The second-order valence-electron chi connectivity index (χ2n) is 2.44. The van der Waals surface area contributed by atoms with Crippen LogP contribution >= 0.6 is 0 Å². The minimum atomic E-state index is -0.258. The number of amides is 1. The zero-order valence-corrected chi connectivity index (χ0v) is 7.01. The van der Waals surface area contributed by atoms with Gasteiger partial charge in [-0.05, 0) is 12.5 Å². The Hall–Kier alpha value is -1.32. The van der Waals surface area contributed by atoms with Crippen molar-refractivity contribution in [1.29, 1.82) is 5.41 Å². The van der Waals surface area contributed by atoms with Crippen molar-refractivity contribution in [3.8, 4) is 0 Å². The van der Waals surface area contributed by atoms with E-state index in [4.69, 9.17) is 11.1 Å². The van der Waals surface area contributed by atoms with Gasteiger partial charge in [0.15, 0.2) is 0 Å². The standard InChI is InChI=1S/C7H13N3O/c1-5(4-8)6(9)7(11)10(2)3/h4,8H,9H2,1-3H3. The molecule has 0 aliphatic carbocycles. The summed E-state index contributed by atoms with van der Waals surface area (Å²) in [5.41, 5.74) is 6.03. The van der Waals surface area contributed by atoms with Crippen LogP contribution in [0.3, 0.4) is 0 Å². The minimum absolute atomic E-state index is 0.130. The van der Waals surface area contributed by atoms with Crippen molar-refractivity contribution in [1.82, 2.24) is 4.90 Å². The molecule has 0 bridgehead atoms. The van der Waals surface area contributed by atoms with Crippen LogP contribution in [0, 0.1) is 5.41 Å². The summed E-state index contributed by atoms with van der Waals surface area (Å²) >= 11 is 0. The van der Waals surface area contributed by atoms with Crippen molar-refractivity contribution in [2.75, 3.05) is 14.1 Å². The van der Waals surface area contributed by atoms with Crippen LogP contribution in [0.2, 0.25) is 0 Å². The van der Waals surface area contributed by atoms with Gasteiger partial charge in [0.05, 0.1) is 0 Å². The molecule has 0 aliphatic heterocycles. The fourth-order valence-corrected chi connectivity index (χ4v) is 0.487. The van der Waals surface area contributed by atoms with Gasteiger partial charge in [-0.25, -0.2) is 0 Å². The summed E-state index contributed by atoms with van der Waals surface area (Å²) in [7, 11) is 3.23. The molecule has 62 valence electrons. The van der Waals surface area contributed by atoms with E-state index in [0.29, 0.717) is 5.57 Å². The number of likely N-dealkylation sites (N-methyl/N-ethyl adjacent to an activating group) is 1. The highest BCUT2D eigenvalue weighted by Crippen LogP contribution is 1.96. The van der Waals surface area contributed by atoms with Gasteiger partial charge in [0, 0.05) is 20.3 Å². The van der Waals surface area contributed by atoms with E-state index >= 15 is 0 Å². The largest absolute Gasteiger partial charge is 0.394 e. The summed E-state index contributed by atoms with van der Waals surface area (Å²) in [6.07, 6.45) is 1.07. The summed E-state index contributed by atoms with van der Waals surface area (Å²) in [5.74, 6) is -0.258. The highest BCUT2D eigenvalue weighted by Gasteiger charge is 2.08. The Kier molecular flexibility index (Phi) is 3.30. The van der Waals surface area contributed by atoms with Gasteiger partial charge in [-0.3, -0.25) is 4.79 Å². The first-order chi connectivity index (χ1) is 5.00. The fourth-order valence-electron chi connectivity index (χ4n) is 0.487. The number of carbonyl (C=O) groups is 1. The average Bonchev–Trinajstić information content (AvgIpc) is 2.00. The van der Waals surface area contributed by atoms with Crippen LogP contribution in [-0.4, -0.2) is 31.1 Å². The molecule has 0 aromatic carbocycles. The Labute approximate surface area is 66.2 Å². The van der Waals surface area contributed by atoms with Crippen LogP contribution in [0.1, 0.15) is 6.92 Å². The van der Waals surface area contributed by atoms with E-state index in [1.54, 1.807) is 21.0 Å². The van der Waals surface area contributed by atoms with E-state index in [1.165, 1.54) is 4.90 Å². The number of hydrogen-bond donors (Lipinski definition) is 2. The lowest BCUT2D eigenvalue weighted by Gasteiger charge is -2.10. The molecule has 1 amide bonds. The first kappa shape index (κ1) is 9.68. The van der Waals surface area contributed by atoms with Crippen molar-refractivity contribution < 1.29 is 4.79 Å². The molecule has 11 heavy (non-hydrogen) atoms. The van der Waals surface area contributed by atoms with Crippen molar-refractivity contribution in [3.05, 3.63) is 11.3 Å². The number of rotatable bonds is 2. The molecule has 0 heterocycles. The first-order valence-corrected chi connectivity index (χ1v) is 3.19. The Morgan fingerprint density at radius 2 is 2.00 bits per heavy atom. The highest BCUT2D eigenvalue weighted by atomic mass is 16.2. The lowest BCUT2D eigenvalue weighted by atomic mass is 10.2. The van der Waals surface area contributed by atoms with E-state index < -0.39 is 0 Å². The number of nitrogens with one attached hydrogen (secondary N) is 1. The predicted octanol–water partition coefficient (Wildman–Crippen LogP) is -0.0431. The van der Waals surface area contributed by atoms with Crippen LogP contribution in [0.15, 0.2) is 11.3 Å². The monoisotopic (exact) mass is 155 g/mol. The first-order valence-electron chi connectivity index (χ1n) is 3.19. The molecule has 0 fully saturated rings. The predicted molar refractivity (Wildman–Crippen MR) is 44.4 cm³/mol. The van der Waals surface area contributed by atoms with Crippen LogP contribution < -0.4 is 5.73 Å². The molecule has 0 aromatic heterocycles. The van der Waals surface area contributed by atoms with E-state index in [1.807, 2.05) is 0 Å². The molecule has 0 aromatic rings. The van der Waals surface area contributed by atoms with E-state index in [0.717, 1.165) is 6.21 Å². The van der Waals surface area contributed by atoms with E-state index in [9.17, 15) is 4.79 Å². The van der Waals surface area contributed by atoms with Gasteiger partial charge in [-0.2, -0.15) is 0 Å². The van der Waals surface area contributed by atoms with Crippen molar-refractivity contribution in [2.24, 2.45) is 5.73 Å². The minimum Gasteiger partial charge on any atom is -0.394 e. The number of allylic oxidation sites excluding steroid dienone is 1. The second-order valence-corrected chi connectivity index (χ2v) is 2.44. The summed E-state index contributed by atoms with van der Waals surface area (Å²) in [5, 5.41) is 6.84. The highest BCUT2D eigenvalue weighted by molar-refractivity contribution is 5.97. The SMILES string of the molecule is CC(C=N)=C(N)C(=O)N(C)C. The average molecular weight is 155 g/mol. The number of nitrogens with zero attached hydrogens (tertiary/aromatic N) is 1. The van der Waals surface area contributed by atoms with Gasteiger partial charge in [0.1, 0.15) is 5.70 Å². The molecule has 3 N–H and O–H groups in total. The molecule has 0 atom stereocenters. The lowest BCUT2D eigenvalue weighted by molar-refractivity contribution is -0.124. The normalized spacial score (nSPS) is 11.9. The van der Waals surface area contributed by atoms with E-state index in [2.05, 4.69) is 0 Å². The quantitative estimate of drug-likeness (QED) is 0.434. The summed E-state index contributed by atoms with van der Waals surface area (Å²) < 4.78 is 0. The third kappa shape index (κ3) is 2.41. The topological polar surface area (TPSA) is 70.2 Å². The molecule has 4 nitrogen and oxygen atoms in total. The Bertz CT molecular complexity index is 206. The van der Waals surface area contributed by atoms with Gasteiger partial charge < -0.3 is 16.0 Å². The Morgan fingerprint density at radius 1 is 1.55 bits per heavy atom. The Morgan fingerprint density at radius 3 is 2.27 bits per heavy atom.